The largest absolute Gasteiger partial charge is 0.392 e. The van der Waals surface area contributed by atoms with E-state index in [0.717, 1.165) is 37.9 Å². The van der Waals surface area contributed by atoms with Crippen LogP contribution in [0.4, 0.5) is 0 Å². The predicted molar refractivity (Wildman–Crippen MR) is 123 cm³/mol. The molecule has 0 aliphatic carbocycles. The van der Waals surface area contributed by atoms with Crippen LogP contribution >= 0.6 is 12.4 Å². The standard InChI is InChI=1S/C24H26N4O3.ClH/c29-20-11-13-25-15-24(20)12-6-14-28(16-24)23(30)19-10-5-4-9-18(19)22-26-21(27-31-22)17-7-2-1-3-8-17;/h1-5,7-10,20,25,29H,6,11-16H2;1H/t20-,24-;/m0./s1. The summed E-state index contributed by atoms with van der Waals surface area (Å²) in [6.07, 6.45) is 2.15. The summed E-state index contributed by atoms with van der Waals surface area (Å²) in [6.45, 7) is 2.79. The van der Waals surface area contributed by atoms with E-state index in [9.17, 15) is 9.90 Å². The van der Waals surface area contributed by atoms with Crippen LogP contribution in [-0.4, -0.2) is 58.3 Å². The fraction of sp³-hybridized carbons (Fsp3) is 0.375. The summed E-state index contributed by atoms with van der Waals surface area (Å²) >= 11 is 0. The molecule has 1 spiro atoms. The van der Waals surface area contributed by atoms with E-state index in [1.54, 1.807) is 6.07 Å². The number of benzene rings is 2. The number of carbonyl (C=O) groups excluding carboxylic acids is 1. The zero-order valence-corrected chi connectivity index (χ0v) is 18.6. The van der Waals surface area contributed by atoms with Gasteiger partial charge in [-0.05, 0) is 37.9 Å². The number of aliphatic hydroxyl groups excluding tert-OH is 1. The maximum atomic E-state index is 13.5. The van der Waals surface area contributed by atoms with Crippen molar-refractivity contribution in [1.29, 1.82) is 0 Å². The van der Waals surface area contributed by atoms with Crippen molar-refractivity contribution in [2.45, 2.75) is 25.4 Å². The molecular formula is C24H27ClN4O3. The van der Waals surface area contributed by atoms with E-state index in [4.69, 9.17) is 4.52 Å². The Labute approximate surface area is 193 Å². The summed E-state index contributed by atoms with van der Waals surface area (Å²) in [5.41, 5.74) is 1.76. The minimum atomic E-state index is -0.385. The van der Waals surface area contributed by atoms with Gasteiger partial charge in [-0.3, -0.25) is 4.79 Å². The number of carbonyl (C=O) groups is 1. The van der Waals surface area contributed by atoms with Gasteiger partial charge in [0.05, 0.1) is 17.2 Å². The fourth-order valence-corrected chi connectivity index (χ4v) is 4.81. The van der Waals surface area contributed by atoms with Gasteiger partial charge in [-0.2, -0.15) is 4.98 Å². The molecule has 0 radical (unpaired) electrons. The van der Waals surface area contributed by atoms with Crippen LogP contribution in [0, 0.1) is 5.41 Å². The second-order valence-electron chi connectivity index (χ2n) is 8.51. The first kappa shape index (κ1) is 22.5. The van der Waals surface area contributed by atoms with Gasteiger partial charge in [0.2, 0.25) is 5.82 Å². The molecule has 8 heteroatoms. The number of halogens is 1. The first-order valence-electron chi connectivity index (χ1n) is 10.8. The van der Waals surface area contributed by atoms with Crippen LogP contribution in [-0.2, 0) is 0 Å². The van der Waals surface area contributed by atoms with Crippen LogP contribution in [0.1, 0.15) is 29.6 Å². The topological polar surface area (TPSA) is 91.5 Å². The number of likely N-dealkylation sites (tertiary alicyclic amines) is 1. The summed E-state index contributed by atoms with van der Waals surface area (Å²) < 4.78 is 5.53. The van der Waals surface area contributed by atoms with Crippen LogP contribution < -0.4 is 5.32 Å². The number of aromatic nitrogens is 2. The number of piperidine rings is 2. The first-order chi connectivity index (χ1) is 15.2. The number of amides is 1. The summed E-state index contributed by atoms with van der Waals surface area (Å²) in [4.78, 5) is 19.9. The summed E-state index contributed by atoms with van der Waals surface area (Å²) in [5, 5.41) is 18.2. The molecule has 0 bridgehead atoms. The van der Waals surface area contributed by atoms with Crippen molar-refractivity contribution in [2.75, 3.05) is 26.2 Å². The second-order valence-corrected chi connectivity index (χ2v) is 8.51. The molecule has 1 amide bonds. The molecule has 2 fully saturated rings. The molecule has 2 N–H and O–H groups in total. The molecular weight excluding hydrogens is 428 g/mol. The smallest absolute Gasteiger partial charge is 0.259 e. The number of hydrogen-bond donors (Lipinski definition) is 2. The molecule has 2 saturated heterocycles. The van der Waals surface area contributed by atoms with Gasteiger partial charge < -0.3 is 19.8 Å². The van der Waals surface area contributed by atoms with E-state index in [1.165, 1.54) is 0 Å². The molecule has 3 aromatic rings. The average molecular weight is 455 g/mol. The SMILES string of the molecule is Cl.O=C(c1ccccc1-c1nc(-c2ccccc2)no1)N1CCC[C@]2(CNCC[C@@H]2O)C1. The minimum Gasteiger partial charge on any atom is -0.392 e. The lowest BCUT2D eigenvalue weighted by Crippen LogP contribution is -2.58. The zero-order chi connectivity index (χ0) is 21.3. The molecule has 0 unspecified atom stereocenters. The van der Waals surface area contributed by atoms with Crippen molar-refractivity contribution >= 4 is 18.3 Å². The Kier molecular flexibility index (Phi) is 6.60. The number of nitrogens with zero attached hydrogens (tertiary/aromatic N) is 3. The first-order valence-corrected chi connectivity index (χ1v) is 10.8. The van der Waals surface area contributed by atoms with Gasteiger partial charge in [0.15, 0.2) is 0 Å². The van der Waals surface area contributed by atoms with Crippen molar-refractivity contribution in [3.05, 3.63) is 60.2 Å². The fourth-order valence-electron chi connectivity index (χ4n) is 4.81. The van der Waals surface area contributed by atoms with Crippen molar-refractivity contribution < 1.29 is 14.4 Å². The van der Waals surface area contributed by atoms with Gasteiger partial charge in [0.25, 0.3) is 11.8 Å². The maximum Gasteiger partial charge on any atom is 0.259 e. The lowest BCUT2D eigenvalue weighted by molar-refractivity contribution is -0.0432. The highest BCUT2D eigenvalue weighted by atomic mass is 35.5. The van der Waals surface area contributed by atoms with Crippen LogP contribution in [0.15, 0.2) is 59.1 Å². The van der Waals surface area contributed by atoms with E-state index >= 15 is 0 Å². The van der Waals surface area contributed by atoms with Gasteiger partial charge in [-0.25, -0.2) is 0 Å². The highest BCUT2D eigenvalue weighted by molar-refractivity contribution is 6.00. The normalized spacial score (nSPS) is 23.0. The van der Waals surface area contributed by atoms with Gasteiger partial charge in [-0.1, -0.05) is 47.6 Å². The second kappa shape index (κ2) is 9.40. The lowest BCUT2D eigenvalue weighted by Gasteiger charge is -2.48. The van der Waals surface area contributed by atoms with E-state index < -0.39 is 0 Å². The molecule has 5 rings (SSSR count). The van der Waals surface area contributed by atoms with Crippen molar-refractivity contribution in [2.24, 2.45) is 5.41 Å². The van der Waals surface area contributed by atoms with Crippen molar-refractivity contribution in [1.82, 2.24) is 20.4 Å². The number of rotatable bonds is 3. The molecule has 2 aromatic carbocycles. The van der Waals surface area contributed by atoms with Gasteiger partial charge >= 0.3 is 0 Å². The third-order valence-electron chi connectivity index (χ3n) is 6.52. The van der Waals surface area contributed by atoms with Crippen LogP contribution in [0.3, 0.4) is 0 Å². The highest BCUT2D eigenvalue weighted by Crippen LogP contribution is 2.37. The van der Waals surface area contributed by atoms with E-state index in [2.05, 4.69) is 15.5 Å². The number of hydrogen-bond acceptors (Lipinski definition) is 6. The van der Waals surface area contributed by atoms with Gasteiger partial charge in [-0.15, -0.1) is 12.4 Å². The molecule has 2 aliphatic rings. The maximum absolute atomic E-state index is 13.5. The van der Waals surface area contributed by atoms with Crippen LogP contribution in [0.2, 0.25) is 0 Å². The highest BCUT2D eigenvalue weighted by Gasteiger charge is 2.44. The van der Waals surface area contributed by atoms with E-state index in [0.29, 0.717) is 35.9 Å². The molecule has 168 valence electrons. The van der Waals surface area contributed by atoms with Crippen LogP contribution in [0.25, 0.3) is 22.8 Å². The van der Waals surface area contributed by atoms with Gasteiger partial charge in [0, 0.05) is 30.6 Å². The molecule has 3 heterocycles. The van der Waals surface area contributed by atoms with Crippen LogP contribution in [0.5, 0.6) is 0 Å². The molecule has 7 nitrogen and oxygen atoms in total. The molecule has 1 aromatic heterocycles. The van der Waals surface area contributed by atoms with Crippen molar-refractivity contribution in [3.8, 4) is 22.8 Å². The Morgan fingerprint density at radius 3 is 2.75 bits per heavy atom. The monoisotopic (exact) mass is 454 g/mol. The summed E-state index contributed by atoms with van der Waals surface area (Å²) in [5.74, 6) is 0.756. The Bertz CT molecular complexity index is 1070. The molecule has 32 heavy (non-hydrogen) atoms. The number of aliphatic hydroxyl groups is 1. The van der Waals surface area contributed by atoms with Crippen molar-refractivity contribution in [3.63, 3.8) is 0 Å². The summed E-state index contributed by atoms with van der Waals surface area (Å²) in [6, 6.07) is 17.0. The Balaban J connectivity index is 0.00000245. The molecule has 2 aliphatic heterocycles. The predicted octanol–water partition coefficient (Wildman–Crippen LogP) is 3.40. The zero-order valence-electron chi connectivity index (χ0n) is 17.7. The average Bonchev–Trinajstić information content (AvgIpc) is 3.32. The Morgan fingerprint density at radius 2 is 1.94 bits per heavy atom. The third kappa shape index (κ3) is 4.16. The molecule has 0 saturated carbocycles. The number of nitrogens with one attached hydrogen (secondary N) is 1. The molecule has 2 atom stereocenters. The quantitative estimate of drug-likeness (QED) is 0.630. The minimum absolute atomic E-state index is 0. The van der Waals surface area contributed by atoms with Gasteiger partial charge in [0.1, 0.15) is 0 Å². The van der Waals surface area contributed by atoms with E-state index in [1.807, 2.05) is 53.4 Å². The lowest BCUT2D eigenvalue weighted by atomic mass is 9.72. The Morgan fingerprint density at radius 1 is 1.16 bits per heavy atom. The van der Waals surface area contributed by atoms with E-state index in [-0.39, 0.29) is 29.8 Å². The summed E-state index contributed by atoms with van der Waals surface area (Å²) in [7, 11) is 0. The Hall–Kier alpha value is -2.74. The third-order valence-corrected chi connectivity index (χ3v) is 6.52.